The zero-order valence-electron chi connectivity index (χ0n) is 14.4. The minimum atomic E-state index is -5.65. The highest BCUT2D eigenvalue weighted by Gasteiger charge is 2.47. The third-order valence-electron chi connectivity index (χ3n) is 4.30. The molecule has 2 heterocycles. The van der Waals surface area contributed by atoms with E-state index in [9.17, 15) is 41.4 Å². The summed E-state index contributed by atoms with van der Waals surface area (Å²) in [6.45, 7) is 0.344. The summed E-state index contributed by atoms with van der Waals surface area (Å²) in [4.78, 5) is 27.7. The first kappa shape index (κ1) is 21.0. The first-order valence-corrected chi connectivity index (χ1v) is 10.4. The van der Waals surface area contributed by atoms with Crippen LogP contribution in [0.3, 0.4) is 0 Å². The van der Waals surface area contributed by atoms with Gasteiger partial charge in [-0.2, -0.15) is 18.2 Å². The van der Waals surface area contributed by atoms with Crippen molar-refractivity contribution in [1.82, 2.24) is 4.98 Å². The molecule has 1 aliphatic rings. The fourth-order valence-electron chi connectivity index (χ4n) is 2.89. The molecular weight excluding hydrogens is 437 g/mol. The maximum atomic E-state index is 12.7. The molecule has 1 unspecified atom stereocenters. The average Bonchev–Trinajstić information content (AvgIpc) is 3.27. The van der Waals surface area contributed by atoms with E-state index in [0.29, 0.717) is 42.9 Å². The van der Waals surface area contributed by atoms with Gasteiger partial charge in [0.25, 0.3) is 9.84 Å². The Labute approximate surface area is 166 Å². The molecule has 0 saturated carbocycles. The van der Waals surface area contributed by atoms with Crippen molar-refractivity contribution in [3.05, 3.63) is 34.7 Å². The molecule has 1 aromatic carbocycles. The van der Waals surface area contributed by atoms with Crippen molar-refractivity contribution >= 4 is 38.1 Å². The molecule has 29 heavy (non-hydrogen) atoms. The lowest BCUT2D eigenvalue weighted by Crippen LogP contribution is -2.35. The monoisotopic (exact) mass is 450 g/mol. The normalized spacial score (nSPS) is 17.5. The molecule has 0 bridgehead atoms. The molecule has 13 heteroatoms. The van der Waals surface area contributed by atoms with E-state index in [1.807, 2.05) is 0 Å². The van der Waals surface area contributed by atoms with Crippen LogP contribution in [0, 0.1) is 0 Å². The Morgan fingerprint density at radius 3 is 2.59 bits per heavy atom. The fraction of sp³-hybridized carbons (Fsp3) is 0.312. The van der Waals surface area contributed by atoms with Gasteiger partial charge in [0.05, 0.1) is 4.90 Å². The fourth-order valence-corrected chi connectivity index (χ4v) is 4.70. The number of carboxylic acids is 1. The highest BCUT2D eigenvalue weighted by atomic mass is 32.2. The third-order valence-corrected chi connectivity index (χ3v) is 6.86. The summed E-state index contributed by atoms with van der Waals surface area (Å²) in [5.41, 5.74) is -5.92. The summed E-state index contributed by atoms with van der Waals surface area (Å²) in [6.07, 6.45) is 0.925. The van der Waals surface area contributed by atoms with Crippen LogP contribution in [-0.4, -0.2) is 53.5 Å². The van der Waals surface area contributed by atoms with Gasteiger partial charge in [-0.3, -0.25) is 4.79 Å². The molecule has 1 saturated heterocycles. The predicted molar refractivity (Wildman–Crippen MR) is 94.9 cm³/mol. The van der Waals surface area contributed by atoms with Gasteiger partial charge in [-0.15, -0.1) is 0 Å². The van der Waals surface area contributed by atoms with E-state index in [0.717, 1.165) is 12.1 Å². The molecule has 8 nitrogen and oxygen atoms in total. The second-order valence-electron chi connectivity index (χ2n) is 6.14. The molecule has 2 N–H and O–H groups in total. The van der Waals surface area contributed by atoms with Crippen molar-refractivity contribution < 1.29 is 41.4 Å². The van der Waals surface area contributed by atoms with Crippen molar-refractivity contribution in [2.75, 3.05) is 11.4 Å². The number of carboxylic acid groups (broad SMARTS) is 1. The van der Waals surface area contributed by atoms with Gasteiger partial charge in [-0.05, 0) is 25.0 Å². The van der Waals surface area contributed by atoms with Crippen molar-refractivity contribution in [2.45, 2.75) is 29.3 Å². The number of alkyl halides is 3. The van der Waals surface area contributed by atoms with Crippen LogP contribution in [0.25, 0.3) is 0 Å². The topological polar surface area (TPSA) is 125 Å². The van der Waals surface area contributed by atoms with Gasteiger partial charge >= 0.3 is 11.5 Å². The molecular formula is C16H13F3N2O6S2. The number of halogens is 3. The quantitative estimate of drug-likeness (QED) is 0.666. The standard InChI is InChI=1S/C16H13F3N2O6S2/c17-16(18,19)29(26,27)9-4-1-3-8(7-9)11(22)12-13(23)20-15(28-12)21-6-2-5-10(21)14(24)25/h1,3-4,7,10,23H,2,5-6H2,(H,24,25). The number of nitrogens with zero attached hydrogens (tertiary/aromatic N) is 2. The molecule has 156 valence electrons. The maximum absolute atomic E-state index is 12.7. The lowest BCUT2D eigenvalue weighted by atomic mass is 10.1. The number of hydrogen-bond donors (Lipinski definition) is 2. The zero-order chi connectivity index (χ0) is 21.6. The number of hydrogen-bond acceptors (Lipinski definition) is 8. The van der Waals surface area contributed by atoms with Crippen molar-refractivity contribution in [3.63, 3.8) is 0 Å². The van der Waals surface area contributed by atoms with Crippen LogP contribution in [0.1, 0.15) is 28.1 Å². The lowest BCUT2D eigenvalue weighted by molar-refractivity contribution is -0.138. The lowest BCUT2D eigenvalue weighted by Gasteiger charge is -2.19. The van der Waals surface area contributed by atoms with Crippen molar-refractivity contribution in [1.29, 1.82) is 0 Å². The number of aliphatic carboxylic acids is 1. The summed E-state index contributed by atoms with van der Waals surface area (Å²) in [6, 6.07) is 2.49. The van der Waals surface area contributed by atoms with E-state index in [4.69, 9.17) is 0 Å². The average molecular weight is 450 g/mol. The number of ketones is 1. The zero-order valence-corrected chi connectivity index (χ0v) is 16.0. The molecule has 1 aliphatic heterocycles. The van der Waals surface area contributed by atoms with Gasteiger partial charge in [-0.1, -0.05) is 23.5 Å². The minimum Gasteiger partial charge on any atom is -0.492 e. The molecule has 0 spiro atoms. The van der Waals surface area contributed by atoms with Crippen LogP contribution in [-0.2, 0) is 14.6 Å². The van der Waals surface area contributed by atoms with E-state index in [1.165, 1.54) is 4.90 Å². The molecule has 0 radical (unpaired) electrons. The highest BCUT2D eigenvalue weighted by Crippen LogP contribution is 2.37. The molecule has 1 fully saturated rings. The number of sulfone groups is 1. The highest BCUT2D eigenvalue weighted by molar-refractivity contribution is 7.92. The Hall–Kier alpha value is -2.67. The van der Waals surface area contributed by atoms with Crippen LogP contribution < -0.4 is 4.90 Å². The Morgan fingerprint density at radius 1 is 1.28 bits per heavy atom. The van der Waals surface area contributed by atoms with E-state index in [2.05, 4.69) is 4.98 Å². The summed E-state index contributed by atoms with van der Waals surface area (Å²) >= 11 is 0.680. The summed E-state index contributed by atoms with van der Waals surface area (Å²) in [7, 11) is -5.65. The van der Waals surface area contributed by atoms with Crippen LogP contribution >= 0.6 is 11.3 Å². The van der Waals surface area contributed by atoms with Crippen LogP contribution in [0.4, 0.5) is 18.3 Å². The van der Waals surface area contributed by atoms with Gasteiger partial charge in [0.15, 0.2) is 5.13 Å². The largest absolute Gasteiger partial charge is 0.501 e. The summed E-state index contributed by atoms with van der Waals surface area (Å²) < 4.78 is 61.3. The van der Waals surface area contributed by atoms with Gasteiger partial charge in [0, 0.05) is 12.1 Å². The van der Waals surface area contributed by atoms with Gasteiger partial charge < -0.3 is 15.1 Å². The minimum absolute atomic E-state index is 0.0785. The Morgan fingerprint density at radius 2 is 1.97 bits per heavy atom. The molecule has 1 atom stereocenters. The van der Waals surface area contributed by atoms with E-state index in [-0.39, 0.29) is 10.0 Å². The molecule has 0 aliphatic carbocycles. The van der Waals surface area contributed by atoms with Gasteiger partial charge in [-0.25, -0.2) is 13.2 Å². The van der Waals surface area contributed by atoms with Crippen LogP contribution in [0.15, 0.2) is 29.2 Å². The third kappa shape index (κ3) is 3.79. The number of aromatic nitrogens is 1. The van der Waals surface area contributed by atoms with Crippen molar-refractivity contribution in [2.24, 2.45) is 0 Å². The van der Waals surface area contributed by atoms with E-state index >= 15 is 0 Å². The Balaban J connectivity index is 1.96. The summed E-state index contributed by atoms with van der Waals surface area (Å²) in [5.74, 6) is -2.73. The maximum Gasteiger partial charge on any atom is 0.501 e. The van der Waals surface area contributed by atoms with Crippen molar-refractivity contribution in [3.8, 4) is 5.88 Å². The first-order chi connectivity index (χ1) is 13.4. The molecule has 2 aromatic rings. The smallest absolute Gasteiger partial charge is 0.492 e. The van der Waals surface area contributed by atoms with E-state index in [1.54, 1.807) is 0 Å². The number of thiazole rings is 1. The number of carbonyl (C=O) groups is 2. The number of anilines is 1. The number of aromatic hydroxyl groups is 1. The second-order valence-corrected chi connectivity index (χ2v) is 9.06. The summed E-state index contributed by atoms with van der Waals surface area (Å²) in [5, 5.41) is 19.3. The van der Waals surface area contributed by atoms with E-state index < -0.39 is 49.5 Å². The molecule has 1 aromatic heterocycles. The first-order valence-electron chi connectivity index (χ1n) is 8.09. The Bertz CT molecular complexity index is 1080. The van der Waals surface area contributed by atoms with Gasteiger partial charge in [0.2, 0.25) is 11.7 Å². The number of carbonyl (C=O) groups excluding carboxylic acids is 1. The SMILES string of the molecule is O=C(c1cccc(S(=O)(=O)C(F)(F)F)c1)c1sc(N2CCCC2C(=O)O)nc1O. The second kappa shape index (κ2) is 7.30. The number of rotatable bonds is 5. The Kier molecular flexibility index (Phi) is 5.30. The van der Waals surface area contributed by atoms with Gasteiger partial charge in [0.1, 0.15) is 10.9 Å². The van der Waals surface area contributed by atoms with Crippen LogP contribution in [0.2, 0.25) is 0 Å². The van der Waals surface area contributed by atoms with Crippen LogP contribution in [0.5, 0.6) is 5.88 Å². The molecule has 0 amide bonds. The molecule has 3 rings (SSSR count). The predicted octanol–water partition coefficient (Wildman–Crippen LogP) is 2.43. The number of benzene rings is 1.